The average Bonchev–Trinajstić information content (AvgIpc) is 3.22. The van der Waals surface area contributed by atoms with Gasteiger partial charge in [0.2, 0.25) is 0 Å². The van der Waals surface area contributed by atoms with Gasteiger partial charge in [-0.05, 0) is 50.0 Å². The predicted molar refractivity (Wildman–Crippen MR) is 92.2 cm³/mol. The number of ether oxygens (including phenoxy) is 1. The van der Waals surface area contributed by atoms with Gasteiger partial charge >= 0.3 is 5.97 Å². The Balaban J connectivity index is 1.34. The second-order valence-electron chi connectivity index (χ2n) is 6.99. The number of nitrogens with one attached hydrogen (secondary N) is 1. The van der Waals surface area contributed by atoms with Gasteiger partial charge in [0.1, 0.15) is 0 Å². The third-order valence-corrected chi connectivity index (χ3v) is 5.04. The SMILES string of the molecule is C[C@@H](CCc1ccccc1)NC(=O)COC(=O)[C@H]1C[C@H]2C=C[C@H]1C2. The van der Waals surface area contributed by atoms with Crippen LogP contribution < -0.4 is 5.32 Å². The highest BCUT2D eigenvalue weighted by atomic mass is 16.5. The quantitative estimate of drug-likeness (QED) is 0.619. The molecule has 0 unspecified atom stereocenters. The van der Waals surface area contributed by atoms with E-state index in [9.17, 15) is 9.59 Å². The molecule has 3 rings (SSSR count). The van der Waals surface area contributed by atoms with Crippen LogP contribution >= 0.6 is 0 Å². The van der Waals surface area contributed by atoms with Crippen LogP contribution in [-0.2, 0) is 20.7 Å². The Morgan fingerprint density at radius 1 is 1.21 bits per heavy atom. The monoisotopic (exact) mass is 327 g/mol. The molecule has 0 radical (unpaired) electrons. The molecule has 0 saturated heterocycles. The van der Waals surface area contributed by atoms with E-state index in [4.69, 9.17) is 4.74 Å². The largest absolute Gasteiger partial charge is 0.455 e. The molecule has 4 heteroatoms. The molecule has 2 aliphatic rings. The molecular formula is C20H25NO3. The van der Waals surface area contributed by atoms with Gasteiger partial charge in [-0.1, -0.05) is 42.5 Å². The van der Waals surface area contributed by atoms with Gasteiger partial charge in [-0.25, -0.2) is 0 Å². The summed E-state index contributed by atoms with van der Waals surface area (Å²) in [4.78, 5) is 24.0. The van der Waals surface area contributed by atoms with Crippen LogP contribution in [0.1, 0.15) is 31.7 Å². The van der Waals surface area contributed by atoms with E-state index >= 15 is 0 Å². The summed E-state index contributed by atoms with van der Waals surface area (Å²) in [6.45, 7) is 1.80. The normalized spacial score (nSPS) is 25.5. The maximum Gasteiger partial charge on any atom is 0.310 e. The van der Waals surface area contributed by atoms with E-state index in [0.717, 1.165) is 25.7 Å². The molecule has 0 heterocycles. The number of esters is 1. The Bertz CT molecular complexity index is 611. The standard InChI is InChI=1S/C20H25NO3/c1-14(7-8-15-5-3-2-4-6-15)21-19(22)13-24-20(23)18-12-16-9-10-17(18)11-16/h2-6,9-10,14,16-18H,7-8,11-13H2,1H3,(H,21,22)/t14-,16-,17-,18-/m0/s1. The first-order valence-electron chi connectivity index (χ1n) is 8.80. The van der Waals surface area contributed by atoms with E-state index in [-0.39, 0.29) is 30.4 Å². The lowest BCUT2D eigenvalue weighted by Crippen LogP contribution is -2.37. The summed E-state index contributed by atoms with van der Waals surface area (Å²) in [6, 6.07) is 10.3. The van der Waals surface area contributed by atoms with Crippen molar-refractivity contribution in [1.29, 1.82) is 0 Å². The summed E-state index contributed by atoms with van der Waals surface area (Å²) in [5, 5.41) is 2.90. The van der Waals surface area contributed by atoms with Gasteiger partial charge < -0.3 is 10.1 Å². The van der Waals surface area contributed by atoms with Gasteiger partial charge in [-0.15, -0.1) is 0 Å². The summed E-state index contributed by atoms with van der Waals surface area (Å²) in [5.41, 5.74) is 1.26. The highest BCUT2D eigenvalue weighted by Crippen LogP contribution is 2.43. The van der Waals surface area contributed by atoms with Crippen LogP contribution in [0.25, 0.3) is 0 Å². The van der Waals surface area contributed by atoms with Crippen molar-refractivity contribution in [1.82, 2.24) is 5.32 Å². The van der Waals surface area contributed by atoms with Crippen molar-refractivity contribution in [3.8, 4) is 0 Å². The van der Waals surface area contributed by atoms with Crippen molar-refractivity contribution in [2.24, 2.45) is 17.8 Å². The Morgan fingerprint density at radius 3 is 2.67 bits per heavy atom. The second kappa shape index (κ2) is 7.65. The highest BCUT2D eigenvalue weighted by Gasteiger charge is 2.40. The van der Waals surface area contributed by atoms with Crippen molar-refractivity contribution < 1.29 is 14.3 Å². The van der Waals surface area contributed by atoms with Gasteiger partial charge in [0, 0.05) is 6.04 Å². The van der Waals surface area contributed by atoms with Crippen molar-refractivity contribution >= 4 is 11.9 Å². The second-order valence-corrected chi connectivity index (χ2v) is 6.99. The number of rotatable bonds is 7. The number of aryl methyl sites for hydroxylation is 1. The van der Waals surface area contributed by atoms with Gasteiger partial charge in [0.05, 0.1) is 5.92 Å². The van der Waals surface area contributed by atoms with Gasteiger partial charge in [-0.3, -0.25) is 9.59 Å². The van der Waals surface area contributed by atoms with E-state index in [0.29, 0.717) is 11.8 Å². The highest BCUT2D eigenvalue weighted by molar-refractivity contribution is 5.81. The van der Waals surface area contributed by atoms with Crippen LogP contribution in [0.4, 0.5) is 0 Å². The fourth-order valence-electron chi connectivity index (χ4n) is 3.71. The van der Waals surface area contributed by atoms with E-state index < -0.39 is 0 Å². The minimum absolute atomic E-state index is 0.0525. The minimum atomic E-state index is -0.223. The molecule has 1 fully saturated rings. The smallest absolute Gasteiger partial charge is 0.310 e. The lowest BCUT2D eigenvalue weighted by molar-refractivity contribution is -0.153. The first kappa shape index (κ1) is 16.7. The lowest BCUT2D eigenvalue weighted by Gasteiger charge is -2.17. The molecule has 4 atom stereocenters. The molecule has 0 aliphatic heterocycles. The summed E-state index contributed by atoms with van der Waals surface area (Å²) in [5.74, 6) is 0.347. The molecule has 4 nitrogen and oxygen atoms in total. The van der Waals surface area contributed by atoms with Crippen molar-refractivity contribution in [2.45, 2.75) is 38.6 Å². The summed E-state index contributed by atoms with van der Waals surface area (Å²) < 4.78 is 5.22. The molecule has 1 N–H and O–H groups in total. The van der Waals surface area contributed by atoms with Crippen LogP contribution in [0.5, 0.6) is 0 Å². The fourth-order valence-corrected chi connectivity index (χ4v) is 3.71. The van der Waals surface area contributed by atoms with E-state index in [1.807, 2.05) is 25.1 Å². The van der Waals surface area contributed by atoms with Crippen molar-refractivity contribution in [3.63, 3.8) is 0 Å². The molecule has 1 aromatic carbocycles. The molecule has 1 aromatic rings. The minimum Gasteiger partial charge on any atom is -0.455 e. The van der Waals surface area contributed by atoms with E-state index in [2.05, 4.69) is 29.6 Å². The van der Waals surface area contributed by atoms with Crippen LogP contribution in [0, 0.1) is 17.8 Å². The van der Waals surface area contributed by atoms with E-state index in [1.165, 1.54) is 5.56 Å². The molecule has 24 heavy (non-hydrogen) atoms. The zero-order chi connectivity index (χ0) is 16.9. The molecular weight excluding hydrogens is 302 g/mol. The summed E-state index contributed by atoms with van der Waals surface area (Å²) in [6.07, 6.45) is 8.01. The topological polar surface area (TPSA) is 55.4 Å². The average molecular weight is 327 g/mol. The number of carbonyl (C=O) groups is 2. The van der Waals surface area contributed by atoms with Crippen molar-refractivity contribution in [3.05, 3.63) is 48.0 Å². The summed E-state index contributed by atoms with van der Waals surface area (Å²) >= 11 is 0. The lowest BCUT2D eigenvalue weighted by atomic mass is 9.94. The number of hydrogen-bond acceptors (Lipinski definition) is 3. The number of benzene rings is 1. The number of amides is 1. The molecule has 0 spiro atoms. The van der Waals surface area contributed by atoms with Crippen molar-refractivity contribution in [2.75, 3.05) is 6.61 Å². The number of fused-ring (bicyclic) bond motifs is 2. The van der Waals surface area contributed by atoms with Crippen LogP contribution in [0.15, 0.2) is 42.5 Å². The Labute approximate surface area is 143 Å². The number of hydrogen-bond donors (Lipinski definition) is 1. The third kappa shape index (κ3) is 4.25. The van der Waals surface area contributed by atoms with Crippen LogP contribution in [0.2, 0.25) is 0 Å². The maximum atomic E-state index is 12.1. The molecule has 1 saturated carbocycles. The number of carbonyl (C=O) groups excluding carboxylic acids is 2. The van der Waals surface area contributed by atoms with Crippen LogP contribution in [0.3, 0.4) is 0 Å². The van der Waals surface area contributed by atoms with Crippen LogP contribution in [-0.4, -0.2) is 24.5 Å². The van der Waals surface area contributed by atoms with Gasteiger partial charge in [-0.2, -0.15) is 0 Å². The molecule has 128 valence electrons. The third-order valence-electron chi connectivity index (χ3n) is 5.04. The Kier molecular flexibility index (Phi) is 5.34. The number of allylic oxidation sites excluding steroid dienone is 2. The Hall–Kier alpha value is -2.10. The molecule has 0 aromatic heterocycles. The zero-order valence-corrected chi connectivity index (χ0v) is 14.1. The molecule has 2 bridgehead atoms. The van der Waals surface area contributed by atoms with E-state index in [1.54, 1.807) is 0 Å². The first-order chi connectivity index (χ1) is 11.6. The maximum absolute atomic E-state index is 12.1. The Morgan fingerprint density at radius 2 is 2.00 bits per heavy atom. The molecule has 1 amide bonds. The molecule has 2 aliphatic carbocycles. The van der Waals surface area contributed by atoms with Gasteiger partial charge in [0.15, 0.2) is 6.61 Å². The predicted octanol–water partition coefficient (Wildman–Crippen LogP) is 2.88. The first-order valence-corrected chi connectivity index (χ1v) is 8.80. The fraction of sp³-hybridized carbons (Fsp3) is 0.500. The van der Waals surface area contributed by atoms with Gasteiger partial charge in [0.25, 0.3) is 5.91 Å². The zero-order valence-electron chi connectivity index (χ0n) is 14.1. The summed E-state index contributed by atoms with van der Waals surface area (Å²) in [7, 11) is 0.